The maximum atomic E-state index is 11.7. The highest BCUT2D eigenvalue weighted by molar-refractivity contribution is 6.35. The monoisotopic (exact) mass is 369 g/mol. The molecule has 1 amide bonds. The van der Waals surface area contributed by atoms with E-state index in [9.17, 15) is 9.59 Å². The fourth-order valence-electron chi connectivity index (χ4n) is 2.68. The summed E-state index contributed by atoms with van der Waals surface area (Å²) in [5, 5.41) is 3.78. The fraction of sp³-hybridized carbons (Fsp3) is 0.444. The molecule has 0 aliphatic heterocycles. The van der Waals surface area contributed by atoms with Gasteiger partial charge in [-0.2, -0.15) is 0 Å². The molecule has 0 saturated heterocycles. The number of carbonyl (C=O) groups is 2. The van der Waals surface area contributed by atoms with Gasteiger partial charge in [0.25, 0.3) is 5.91 Å². The van der Waals surface area contributed by atoms with Gasteiger partial charge in [-0.1, -0.05) is 48.5 Å². The largest absolute Gasteiger partial charge is 0.452 e. The van der Waals surface area contributed by atoms with Gasteiger partial charge in [0, 0.05) is 22.7 Å². The van der Waals surface area contributed by atoms with Gasteiger partial charge < -0.3 is 10.1 Å². The minimum absolute atomic E-state index is 0.271. The number of rotatable bonds is 6. The van der Waals surface area contributed by atoms with Crippen LogP contribution in [-0.4, -0.2) is 25.0 Å². The SMILES string of the molecule is O=C(COC(=O)/C=C/c1ccc(Cl)cc1Cl)NCC1CCCCC1. The summed E-state index contributed by atoms with van der Waals surface area (Å²) in [5.41, 5.74) is 0.653. The second-order valence-electron chi connectivity index (χ2n) is 5.91. The molecule has 0 radical (unpaired) electrons. The predicted octanol–water partition coefficient (Wildman–Crippen LogP) is 4.25. The summed E-state index contributed by atoms with van der Waals surface area (Å²) >= 11 is 11.8. The van der Waals surface area contributed by atoms with Gasteiger partial charge >= 0.3 is 5.97 Å². The molecule has 0 heterocycles. The van der Waals surface area contributed by atoms with E-state index in [0.717, 1.165) is 12.8 Å². The van der Waals surface area contributed by atoms with Gasteiger partial charge in [-0.05, 0) is 42.5 Å². The molecule has 1 aliphatic carbocycles. The van der Waals surface area contributed by atoms with Crippen LogP contribution in [0.1, 0.15) is 37.7 Å². The number of esters is 1. The Hall–Kier alpha value is -1.52. The molecule has 1 N–H and O–H groups in total. The number of nitrogens with one attached hydrogen (secondary N) is 1. The summed E-state index contributed by atoms with van der Waals surface area (Å²) in [6, 6.07) is 4.97. The standard InChI is InChI=1S/C18H21Cl2NO3/c19-15-8-6-14(16(20)10-15)7-9-18(23)24-12-17(22)21-11-13-4-2-1-3-5-13/h6-10,13H,1-5,11-12H2,(H,21,22)/b9-7+. The molecule has 1 fully saturated rings. The lowest BCUT2D eigenvalue weighted by molar-refractivity contribution is -0.143. The number of hydrogen-bond acceptors (Lipinski definition) is 3. The molecule has 0 aromatic heterocycles. The summed E-state index contributed by atoms with van der Waals surface area (Å²) < 4.78 is 4.92. The van der Waals surface area contributed by atoms with Crippen LogP contribution < -0.4 is 5.32 Å². The van der Waals surface area contributed by atoms with Gasteiger partial charge in [-0.15, -0.1) is 0 Å². The highest BCUT2D eigenvalue weighted by atomic mass is 35.5. The number of halogens is 2. The molecule has 130 valence electrons. The highest BCUT2D eigenvalue weighted by Crippen LogP contribution is 2.23. The average Bonchev–Trinajstić information content (AvgIpc) is 2.58. The van der Waals surface area contributed by atoms with Crippen LogP contribution in [0.25, 0.3) is 6.08 Å². The topological polar surface area (TPSA) is 55.4 Å². The predicted molar refractivity (Wildman–Crippen MR) is 96.0 cm³/mol. The molecule has 1 aliphatic rings. The van der Waals surface area contributed by atoms with Crippen LogP contribution in [0.4, 0.5) is 0 Å². The quantitative estimate of drug-likeness (QED) is 0.602. The zero-order valence-electron chi connectivity index (χ0n) is 13.4. The van der Waals surface area contributed by atoms with Gasteiger partial charge in [0.2, 0.25) is 0 Å². The van der Waals surface area contributed by atoms with Gasteiger partial charge in [0.1, 0.15) is 0 Å². The molecular formula is C18H21Cl2NO3. The number of hydrogen-bond donors (Lipinski definition) is 1. The molecule has 0 spiro atoms. The Kier molecular flexibility index (Phi) is 7.60. The van der Waals surface area contributed by atoms with Crippen molar-refractivity contribution >= 4 is 41.2 Å². The first-order valence-electron chi connectivity index (χ1n) is 8.11. The lowest BCUT2D eigenvalue weighted by Crippen LogP contribution is -2.33. The molecule has 1 aromatic carbocycles. The van der Waals surface area contributed by atoms with Crippen LogP contribution in [0.2, 0.25) is 10.0 Å². The normalized spacial score (nSPS) is 15.4. The van der Waals surface area contributed by atoms with Crippen molar-refractivity contribution < 1.29 is 14.3 Å². The van der Waals surface area contributed by atoms with Gasteiger partial charge in [-0.25, -0.2) is 4.79 Å². The van der Waals surface area contributed by atoms with E-state index in [-0.39, 0.29) is 12.5 Å². The molecule has 4 nitrogen and oxygen atoms in total. The van der Waals surface area contributed by atoms with Gasteiger partial charge in [-0.3, -0.25) is 4.79 Å². The first-order chi connectivity index (χ1) is 11.5. The minimum Gasteiger partial charge on any atom is -0.452 e. The molecule has 6 heteroatoms. The zero-order chi connectivity index (χ0) is 17.4. The van der Waals surface area contributed by atoms with Crippen LogP contribution in [-0.2, 0) is 14.3 Å². The maximum absolute atomic E-state index is 11.7. The lowest BCUT2D eigenvalue weighted by atomic mass is 9.89. The van der Waals surface area contributed by atoms with Gasteiger partial charge in [0.15, 0.2) is 6.61 Å². The molecular weight excluding hydrogens is 349 g/mol. The van der Waals surface area contributed by atoms with E-state index in [4.69, 9.17) is 27.9 Å². The minimum atomic E-state index is -0.589. The zero-order valence-corrected chi connectivity index (χ0v) is 14.9. The van der Waals surface area contributed by atoms with E-state index in [0.29, 0.717) is 28.1 Å². The molecule has 24 heavy (non-hydrogen) atoms. The second-order valence-corrected chi connectivity index (χ2v) is 6.76. The molecule has 2 rings (SSSR count). The van der Waals surface area contributed by atoms with Crippen LogP contribution in [0.5, 0.6) is 0 Å². The van der Waals surface area contributed by atoms with Crippen LogP contribution in [0, 0.1) is 5.92 Å². The molecule has 1 saturated carbocycles. The number of benzene rings is 1. The summed E-state index contributed by atoms with van der Waals surface area (Å²) in [5.74, 6) is -0.314. The van der Waals surface area contributed by atoms with Crippen LogP contribution in [0.15, 0.2) is 24.3 Å². The average molecular weight is 370 g/mol. The van der Waals surface area contributed by atoms with E-state index in [2.05, 4.69) is 5.32 Å². The van der Waals surface area contributed by atoms with Crippen molar-refractivity contribution in [1.29, 1.82) is 0 Å². The van der Waals surface area contributed by atoms with Crippen LogP contribution in [0.3, 0.4) is 0 Å². The van der Waals surface area contributed by atoms with E-state index in [1.807, 2.05) is 0 Å². The molecule has 1 aromatic rings. The lowest BCUT2D eigenvalue weighted by Gasteiger charge is -2.21. The smallest absolute Gasteiger partial charge is 0.331 e. The van der Waals surface area contributed by atoms with E-state index >= 15 is 0 Å². The fourth-order valence-corrected chi connectivity index (χ4v) is 3.15. The Labute approximate surface area is 152 Å². The van der Waals surface area contributed by atoms with E-state index in [1.165, 1.54) is 31.4 Å². The third-order valence-corrected chi connectivity index (χ3v) is 4.58. The Morgan fingerprint density at radius 2 is 1.96 bits per heavy atom. The molecule has 0 atom stereocenters. The molecule has 0 bridgehead atoms. The second kappa shape index (κ2) is 9.70. The van der Waals surface area contributed by atoms with Crippen molar-refractivity contribution in [3.63, 3.8) is 0 Å². The van der Waals surface area contributed by atoms with Crippen molar-refractivity contribution in [1.82, 2.24) is 5.32 Å². The van der Waals surface area contributed by atoms with E-state index in [1.54, 1.807) is 18.2 Å². The third-order valence-electron chi connectivity index (χ3n) is 4.02. The molecule has 0 unspecified atom stereocenters. The maximum Gasteiger partial charge on any atom is 0.331 e. The summed E-state index contributed by atoms with van der Waals surface area (Å²) in [6.07, 6.45) is 8.83. The van der Waals surface area contributed by atoms with Crippen molar-refractivity contribution in [3.05, 3.63) is 39.9 Å². The Balaban J connectivity index is 1.70. The van der Waals surface area contributed by atoms with Crippen molar-refractivity contribution in [2.45, 2.75) is 32.1 Å². The van der Waals surface area contributed by atoms with Crippen molar-refractivity contribution in [2.75, 3.05) is 13.2 Å². The number of amides is 1. The Morgan fingerprint density at radius 1 is 1.21 bits per heavy atom. The third kappa shape index (κ3) is 6.54. The first kappa shape index (κ1) is 18.8. The number of ether oxygens (including phenoxy) is 1. The summed E-state index contributed by atoms with van der Waals surface area (Å²) in [6.45, 7) is 0.386. The number of carbonyl (C=O) groups excluding carboxylic acids is 2. The first-order valence-corrected chi connectivity index (χ1v) is 8.87. The van der Waals surface area contributed by atoms with E-state index < -0.39 is 5.97 Å². The summed E-state index contributed by atoms with van der Waals surface area (Å²) in [7, 11) is 0. The van der Waals surface area contributed by atoms with Gasteiger partial charge in [0.05, 0.1) is 0 Å². The van der Waals surface area contributed by atoms with Crippen molar-refractivity contribution in [3.8, 4) is 0 Å². The summed E-state index contributed by atoms with van der Waals surface area (Å²) in [4.78, 5) is 23.4. The highest BCUT2D eigenvalue weighted by Gasteiger charge is 2.14. The Morgan fingerprint density at radius 3 is 2.67 bits per heavy atom. The van der Waals surface area contributed by atoms with Crippen LogP contribution >= 0.6 is 23.2 Å². The van der Waals surface area contributed by atoms with Crippen molar-refractivity contribution in [2.24, 2.45) is 5.92 Å². The Bertz CT molecular complexity index is 610.